The second kappa shape index (κ2) is 4.46. The van der Waals surface area contributed by atoms with Gasteiger partial charge in [0.1, 0.15) is 0 Å². The molecule has 0 atom stereocenters. The lowest BCUT2D eigenvalue weighted by atomic mass is 10.0. The van der Waals surface area contributed by atoms with Gasteiger partial charge < -0.3 is 5.32 Å². The SMILES string of the molecule is CC1(C)C(NCc2cc([N+](=O)[O-])ccc2Cl)C1(C)C. The van der Waals surface area contributed by atoms with Gasteiger partial charge in [-0.25, -0.2) is 0 Å². The Bertz CT molecular complexity index is 512. The molecule has 1 aliphatic rings. The normalized spacial score (nSPS) is 20.3. The molecule has 0 bridgehead atoms. The van der Waals surface area contributed by atoms with Crippen molar-refractivity contribution in [3.63, 3.8) is 0 Å². The first-order valence-corrected chi connectivity index (χ1v) is 6.72. The molecule has 5 heteroatoms. The summed E-state index contributed by atoms with van der Waals surface area (Å²) in [5.41, 5.74) is 1.32. The van der Waals surface area contributed by atoms with Crippen molar-refractivity contribution in [2.75, 3.05) is 0 Å². The maximum Gasteiger partial charge on any atom is 0.269 e. The number of nitro groups is 1. The Hall–Kier alpha value is -1.13. The van der Waals surface area contributed by atoms with Gasteiger partial charge in [-0.3, -0.25) is 10.1 Å². The first-order valence-electron chi connectivity index (χ1n) is 6.34. The number of halogens is 1. The van der Waals surface area contributed by atoms with Crippen molar-refractivity contribution >= 4 is 17.3 Å². The molecule has 0 aliphatic heterocycles. The second-order valence-electron chi connectivity index (χ2n) is 6.29. The molecule has 0 spiro atoms. The summed E-state index contributed by atoms with van der Waals surface area (Å²) < 4.78 is 0. The van der Waals surface area contributed by atoms with E-state index >= 15 is 0 Å². The largest absolute Gasteiger partial charge is 0.309 e. The van der Waals surface area contributed by atoms with Crippen LogP contribution in [0.15, 0.2) is 18.2 Å². The van der Waals surface area contributed by atoms with E-state index in [0.29, 0.717) is 17.6 Å². The van der Waals surface area contributed by atoms with Crippen LogP contribution < -0.4 is 5.32 Å². The smallest absolute Gasteiger partial charge is 0.269 e. The summed E-state index contributed by atoms with van der Waals surface area (Å²) in [6, 6.07) is 4.95. The molecule has 1 N–H and O–H groups in total. The third-order valence-corrected chi connectivity index (χ3v) is 5.13. The Balaban J connectivity index is 2.09. The van der Waals surface area contributed by atoms with Gasteiger partial charge in [-0.05, 0) is 22.5 Å². The molecule has 0 radical (unpaired) electrons. The van der Waals surface area contributed by atoms with Crippen molar-refractivity contribution in [2.24, 2.45) is 10.8 Å². The van der Waals surface area contributed by atoms with E-state index in [1.54, 1.807) is 6.07 Å². The van der Waals surface area contributed by atoms with Gasteiger partial charge in [0.15, 0.2) is 0 Å². The molecule has 19 heavy (non-hydrogen) atoms. The number of nitrogens with zero attached hydrogens (tertiary/aromatic N) is 1. The van der Waals surface area contributed by atoms with E-state index in [1.165, 1.54) is 12.1 Å². The highest BCUT2D eigenvalue weighted by Crippen LogP contribution is 2.62. The molecule has 0 aromatic heterocycles. The molecular weight excluding hydrogens is 264 g/mol. The first-order chi connectivity index (χ1) is 8.68. The lowest BCUT2D eigenvalue weighted by molar-refractivity contribution is -0.384. The van der Waals surface area contributed by atoms with E-state index in [9.17, 15) is 10.1 Å². The molecular formula is C14H19ClN2O2. The minimum Gasteiger partial charge on any atom is -0.309 e. The maximum absolute atomic E-state index is 10.8. The molecule has 1 aromatic carbocycles. The number of rotatable bonds is 4. The zero-order valence-electron chi connectivity index (χ0n) is 11.7. The van der Waals surface area contributed by atoms with E-state index < -0.39 is 4.92 Å². The van der Waals surface area contributed by atoms with Crippen molar-refractivity contribution in [3.05, 3.63) is 38.9 Å². The van der Waals surface area contributed by atoms with E-state index in [4.69, 9.17) is 11.6 Å². The highest BCUT2D eigenvalue weighted by Gasteiger charge is 2.64. The van der Waals surface area contributed by atoms with Crippen LogP contribution in [0.1, 0.15) is 33.3 Å². The monoisotopic (exact) mass is 282 g/mol. The number of non-ortho nitro benzene ring substituents is 1. The molecule has 4 nitrogen and oxygen atoms in total. The molecule has 0 amide bonds. The fraction of sp³-hybridized carbons (Fsp3) is 0.571. The highest BCUT2D eigenvalue weighted by atomic mass is 35.5. The van der Waals surface area contributed by atoms with Crippen LogP contribution in [0.5, 0.6) is 0 Å². The minimum atomic E-state index is -0.398. The maximum atomic E-state index is 10.8. The van der Waals surface area contributed by atoms with Gasteiger partial charge in [0.05, 0.1) is 4.92 Å². The summed E-state index contributed by atoms with van der Waals surface area (Å²) in [7, 11) is 0. The summed E-state index contributed by atoms with van der Waals surface area (Å²) in [6.07, 6.45) is 0. The van der Waals surface area contributed by atoms with Crippen LogP contribution in [0.2, 0.25) is 5.02 Å². The van der Waals surface area contributed by atoms with E-state index in [0.717, 1.165) is 5.56 Å². The van der Waals surface area contributed by atoms with Crippen LogP contribution in [-0.2, 0) is 6.54 Å². The first kappa shape index (κ1) is 14.3. The van der Waals surface area contributed by atoms with E-state index in [1.807, 2.05) is 0 Å². The molecule has 104 valence electrons. The van der Waals surface area contributed by atoms with Crippen LogP contribution in [0.3, 0.4) is 0 Å². The third kappa shape index (κ3) is 2.35. The number of benzene rings is 1. The fourth-order valence-corrected chi connectivity index (χ4v) is 2.91. The van der Waals surface area contributed by atoms with Gasteiger partial charge in [0, 0.05) is 29.7 Å². The van der Waals surface area contributed by atoms with Crippen molar-refractivity contribution < 1.29 is 4.92 Å². The van der Waals surface area contributed by atoms with Gasteiger partial charge in [-0.15, -0.1) is 0 Å². The molecule has 1 aliphatic carbocycles. The van der Waals surface area contributed by atoms with Gasteiger partial charge in [0.2, 0.25) is 0 Å². The van der Waals surface area contributed by atoms with Crippen LogP contribution in [0, 0.1) is 20.9 Å². The van der Waals surface area contributed by atoms with Gasteiger partial charge in [-0.2, -0.15) is 0 Å². The number of nitro benzene ring substituents is 1. The quantitative estimate of drug-likeness (QED) is 0.675. The van der Waals surface area contributed by atoms with Crippen LogP contribution >= 0.6 is 11.6 Å². The predicted octanol–water partition coefficient (Wildman–Crippen LogP) is 3.77. The van der Waals surface area contributed by atoms with E-state index in [-0.39, 0.29) is 16.5 Å². The van der Waals surface area contributed by atoms with Crippen molar-refractivity contribution in [3.8, 4) is 0 Å². The fourth-order valence-electron chi connectivity index (χ4n) is 2.73. The molecule has 1 saturated carbocycles. The summed E-state index contributed by atoms with van der Waals surface area (Å²) in [6.45, 7) is 9.44. The molecule has 0 heterocycles. The zero-order valence-corrected chi connectivity index (χ0v) is 12.4. The topological polar surface area (TPSA) is 55.2 Å². The third-order valence-electron chi connectivity index (χ3n) is 4.76. The van der Waals surface area contributed by atoms with Crippen LogP contribution in [0.25, 0.3) is 0 Å². The number of hydrogen-bond acceptors (Lipinski definition) is 3. The Morgan fingerprint density at radius 2 is 1.89 bits per heavy atom. The molecule has 0 unspecified atom stereocenters. The van der Waals surface area contributed by atoms with Gasteiger partial charge >= 0.3 is 0 Å². The van der Waals surface area contributed by atoms with Crippen molar-refractivity contribution in [2.45, 2.75) is 40.3 Å². The molecule has 1 aromatic rings. The van der Waals surface area contributed by atoms with Crippen molar-refractivity contribution in [1.82, 2.24) is 5.32 Å². The molecule has 0 saturated heterocycles. The Kier molecular flexibility index (Phi) is 3.35. The number of nitrogens with one attached hydrogen (secondary N) is 1. The minimum absolute atomic E-state index is 0.0792. The Morgan fingerprint density at radius 1 is 1.32 bits per heavy atom. The summed E-state index contributed by atoms with van der Waals surface area (Å²) in [4.78, 5) is 10.4. The second-order valence-corrected chi connectivity index (χ2v) is 6.70. The standard InChI is InChI=1S/C14H19ClN2O2/c1-13(2)12(14(13,3)4)16-8-9-7-10(17(18)19)5-6-11(9)15/h5-7,12,16H,8H2,1-4H3. The predicted molar refractivity (Wildman–Crippen MR) is 76.3 cm³/mol. The van der Waals surface area contributed by atoms with E-state index in [2.05, 4.69) is 33.0 Å². The average Bonchev–Trinajstić information content (AvgIpc) is 2.68. The van der Waals surface area contributed by atoms with Crippen LogP contribution in [-0.4, -0.2) is 11.0 Å². The zero-order chi connectivity index (χ0) is 14.4. The van der Waals surface area contributed by atoms with Gasteiger partial charge in [-0.1, -0.05) is 39.3 Å². The van der Waals surface area contributed by atoms with Crippen molar-refractivity contribution in [1.29, 1.82) is 0 Å². The number of hydrogen-bond donors (Lipinski definition) is 1. The molecule has 2 rings (SSSR count). The lowest BCUT2D eigenvalue weighted by Crippen LogP contribution is -2.21. The van der Waals surface area contributed by atoms with Gasteiger partial charge in [0.25, 0.3) is 5.69 Å². The summed E-state index contributed by atoms with van der Waals surface area (Å²) in [5.74, 6) is 0. The average molecular weight is 283 g/mol. The molecule has 1 fully saturated rings. The summed E-state index contributed by atoms with van der Waals surface area (Å²) in [5, 5.41) is 14.8. The summed E-state index contributed by atoms with van der Waals surface area (Å²) >= 11 is 6.08. The lowest BCUT2D eigenvalue weighted by Gasteiger charge is -2.08. The Labute approximate surface area is 118 Å². The Morgan fingerprint density at radius 3 is 2.37 bits per heavy atom. The highest BCUT2D eigenvalue weighted by molar-refractivity contribution is 6.31. The van der Waals surface area contributed by atoms with Crippen LogP contribution in [0.4, 0.5) is 5.69 Å².